The maximum absolute atomic E-state index is 13.3. The number of benzene rings is 2. The zero-order valence-electron chi connectivity index (χ0n) is 18.4. The van der Waals surface area contributed by atoms with Crippen molar-refractivity contribution in [1.82, 2.24) is 10.2 Å². The van der Waals surface area contributed by atoms with E-state index in [1.807, 2.05) is 12.1 Å². The lowest BCUT2D eigenvalue weighted by atomic mass is 9.74. The molecular weight excluding hydrogens is 446 g/mol. The summed E-state index contributed by atoms with van der Waals surface area (Å²) in [5.74, 6) is -3.41. The summed E-state index contributed by atoms with van der Waals surface area (Å²) in [4.78, 5) is 23.6. The number of amides is 1. The number of carboxylic acids is 1. The fourth-order valence-electron chi connectivity index (χ4n) is 4.24. The Morgan fingerprint density at radius 2 is 1.68 bits per heavy atom. The van der Waals surface area contributed by atoms with Gasteiger partial charge in [0.15, 0.2) is 11.6 Å². The van der Waals surface area contributed by atoms with Crippen molar-refractivity contribution in [2.45, 2.75) is 38.5 Å². The van der Waals surface area contributed by atoms with Crippen LogP contribution in [0.4, 0.5) is 26.2 Å². The van der Waals surface area contributed by atoms with Crippen molar-refractivity contribution < 1.29 is 27.9 Å². The Balaban J connectivity index is 1.32. The molecule has 1 aliphatic rings. The van der Waals surface area contributed by atoms with Crippen molar-refractivity contribution in [2.24, 2.45) is 11.8 Å². The minimum atomic E-state index is -1.03. The van der Waals surface area contributed by atoms with Crippen LogP contribution in [0.1, 0.15) is 54.8 Å². The van der Waals surface area contributed by atoms with Crippen molar-refractivity contribution in [3.63, 3.8) is 0 Å². The summed E-state index contributed by atoms with van der Waals surface area (Å²) in [6, 6.07) is 10.5. The molecule has 1 atom stereocenters. The number of carbonyl (C=O) groups excluding carboxylic acids is 1. The van der Waals surface area contributed by atoms with E-state index in [0.717, 1.165) is 43.4 Å². The Kier molecular flexibility index (Phi) is 6.85. The molecule has 3 N–H and O–H groups in total. The molecule has 1 saturated carbocycles. The first-order valence-corrected chi connectivity index (χ1v) is 11.0. The molecule has 1 fully saturated rings. The molecule has 0 spiro atoms. The van der Waals surface area contributed by atoms with Crippen LogP contribution in [0.5, 0.6) is 0 Å². The van der Waals surface area contributed by atoms with Gasteiger partial charge in [0, 0.05) is 17.4 Å². The summed E-state index contributed by atoms with van der Waals surface area (Å²) in [7, 11) is 0. The van der Waals surface area contributed by atoms with Gasteiger partial charge in [-0.15, -0.1) is 5.10 Å². The minimum absolute atomic E-state index is 0.140. The largest absolute Gasteiger partial charge is 0.481 e. The van der Waals surface area contributed by atoms with Crippen molar-refractivity contribution in [3.8, 4) is 0 Å². The molecule has 178 valence electrons. The van der Waals surface area contributed by atoms with Crippen LogP contribution < -0.4 is 10.6 Å². The van der Waals surface area contributed by atoms with Gasteiger partial charge < -0.3 is 20.2 Å². The third-order valence-corrected chi connectivity index (χ3v) is 6.30. The minimum Gasteiger partial charge on any atom is -0.481 e. The van der Waals surface area contributed by atoms with E-state index in [1.54, 1.807) is 19.1 Å². The molecule has 1 amide bonds. The Bertz CT molecular complexity index is 1170. The smallest absolute Gasteiger partial charge is 0.320 e. The summed E-state index contributed by atoms with van der Waals surface area (Å²) in [6.07, 6.45) is 3.64. The molecule has 3 aromatic rings. The van der Waals surface area contributed by atoms with Crippen LogP contribution in [0.15, 0.2) is 46.9 Å². The third-order valence-electron chi connectivity index (χ3n) is 6.30. The fourth-order valence-corrected chi connectivity index (χ4v) is 4.24. The highest BCUT2D eigenvalue weighted by molar-refractivity contribution is 6.00. The maximum Gasteiger partial charge on any atom is 0.320 e. The number of aliphatic carboxylic acids is 1. The van der Waals surface area contributed by atoms with Crippen LogP contribution in [-0.4, -0.2) is 27.2 Å². The van der Waals surface area contributed by atoms with Crippen molar-refractivity contribution >= 4 is 29.3 Å². The second-order valence-electron chi connectivity index (χ2n) is 8.48. The van der Waals surface area contributed by atoms with Gasteiger partial charge in [-0.2, -0.15) is 0 Å². The van der Waals surface area contributed by atoms with E-state index in [4.69, 9.17) is 4.42 Å². The SMILES string of the molecule is C[C@@H](C(=O)O)C1CCC(c2ccc(NC(=O)c3nnc(Nc4ccc(F)c(F)c4)o3)cc2)CC1. The van der Waals surface area contributed by atoms with E-state index in [9.17, 15) is 23.5 Å². The zero-order valence-corrected chi connectivity index (χ0v) is 18.4. The van der Waals surface area contributed by atoms with Crippen LogP contribution >= 0.6 is 0 Å². The molecule has 10 heteroatoms. The van der Waals surface area contributed by atoms with E-state index in [1.165, 1.54) is 6.07 Å². The van der Waals surface area contributed by atoms with Gasteiger partial charge in [0.25, 0.3) is 0 Å². The molecule has 0 saturated heterocycles. The Morgan fingerprint density at radius 1 is 1.00 bits per heavy atom. The second kappa shape index (κ2) is 9.98. The normalized spacial score (nSPS) is 18.8. The van der Waals surface area contributed by atoms with Crippen LogP contribution in [0.2, 0.25) is 0 Å². The monoisotopic (exact) mass is 470 g/mol. The Morgan fingerprint density at radius 3 is 2.32 bits per heavy atom. The molecular formula is C24H24F2N4O4. The lowest BCUT2D eigenvalue weighted by molar-refractivity contribution is -0.143. The van der Waals surface area contributed by atoms with Crippen molar-refractivity contribution in [2.75, 3.05) is 10.6 Å². The number of anilines is 3. The number of aromatic nitrogens is 2. The highest BCUT2D eigenvalue weighted by Crippen LogP contribution is 2.39. The highest BCUT2D eigenvalue weighted by atomic mass is 19.2. The Hall–Kier alpha value is -3.82. The molecule has 1 aromatic heterocycles. The number of nitrogens with one attached hydrogen (secondary N) is 2. The van der Waals surface area contributed by atoms with Gasteiger partial charge in [-0.05, 0) is 67.3 Å². The predicted molar refractivity (Wildman–Crippen MR) is 120 cm³/mol. The average molecular weight is 470 g/mol. The number of rotatable bonds is 7. The van der Waals surface area contributed by atoms with E-state index < -0.39 is 23.5 Å². The number of carboxylic acid groups (broad SMARTS) is 1. The van der Waals surface area contributed by atoms with E-state index in [-0.39, 0.29) is 29.4 Å². The van der Waals surface area contributed by atoms with E-state index in [2.05, 4.69) is 20.8 Å². The first kappa shape index (κ1) is 23.3. The van der Waals surface area contributed by atoms with Crippen LogP contribution in [-0.2, 0) is 4.79 Å². The highest BCUT2D eigenvalue weighted by Gasteiger charge is 2.29. The number of hydrogen-bond acceptors (Lipinski definition) is 6. The van der Waals surface area contributed by atoms with Gasteiger partial charge in [-0.25, -0.2) is 8.78 Å². The summed E-state index contributed by atoms with van der Waals surface area (Å²) >= 11 is 0. The number of nitrogens with zero attached hydrogens (tertiary/aromatic N) is 2. The van der Waals surface area contributed by atoms with E-state index in [0.29, 0.717) is 11.6 Å². The average Bonchev–Trinajstić information content (AvgIpc) is 3.30. The van der Waals surface area contributed by atoms with Crippen molar-refractivity contribution in [1.29, 1.82) is 0 Å². The first-order valence-electron chi connectivity index (χ1n) is 11.0. The maximum atomic E-state index is 13.3. The quantitative estimate of drug-likeness (QED) is 0.427. The molecule has 34 heavy (non-hydrogen) atoms. The molecule has 1 aliphatic carbocycles. The molecule has 1 heterocycles. The van der Waals surface area contributed by atoms with Crippen LogP contribution in [0, 0.1) is 23.5 Å². The number of hydrogen-bond donors (Lipinski definition) is 3. The van der Waals surface area contributed by atoms with Gasteiger partial charge in [0.05, 0.1) is 5.92 Å². The van der Waals surface area contributed by atoms with Gasteiger partial charge in [-0.3, -0.25) is 9.59 Å². The molecule has 0 aliphatic heterocycles. The Labute approximate surface area is 194 Å². The zero-order chi connectivity index (χ0) is 24.2. The molecule has 2 aromatic carbocycles. The van der Waals surface area contributed by atoms with Gasteiger partial charge in [0.2, 0.25) is 0 Å². The first-order chi connectivity index (χ1) is 16.3. The number of halogens is 2. The standard InChI is InChI=1S/C24H24F2N4O4/c1-13(23(32)33)14-2-4-15(5-3-14)16-6-8-17(9-7-16)27-21(31)22-29-30-24(34-22)28-18-10-11-19(25)20(26)12-18/h6-15H,2-5H2,1H3,(H,27,31)(H,28,30)(H,32,33)/t13-,14?,15?/m1/s1. The fraction of sp³-hybridized carbons (Fsp3) is 0.333. The lowest BCUT2D eigenvalue weighted by Gasteiger charge is -2.31. The summed E-state index contributed by atoms with van der Waals surface area (Å²) < 4.78 is 31.6. The summed E-state index contributed by atoms with van der Waals surface area (Å²) in [5.41, 5.74) is 1.89. The predicted octanol–water partition coefficient (Wildman–Crippen LogP) is 5.34. The van der Waals surface area contributed by atoms with Gasteiger partial charge in [0.1, 0.15) is 0 Å². The summed E-state index contributed by atoms with van der Waals surface area (Å²) in [5, 5.41) is 21.9. The molecule has 0 unspecified atom stereocenters. The van der Waals surface area contributed by atoms with Crippen LogP contribution in [0.25, 0.3) is 0 Å². The molecule has 0 bridgehead atoms. The topological polar surface area (TPSA) is 117 Å². The lowest BCUT2D eigenvalue weighted by Crippen LogP contribution is -2.24. The molecule has 4 rings (SSSR count). The van der Waals surface area contributed by atoms with E-state index >= 15 is 0 Å². The number of carbonyl (C=O) groups is 2. The van der Waals surface area contributed by atoms with Crippen molar-refractivity contribution in [3.05, 3.63) is 65.6 Å². The van der Waals surface area contributed by atoms with Gasteiger partial charge >= 0.3 is 23.8 Å². The second-order valence-corrected chi connectivity index (χ2v) is 8.48. The summed E-state index contributed by atoms with van der Waals surface area (Å²) in [6.45, 7) is 1.77. The van der Waals surface area contributed by atoms with Gasteiger partial charge in [-0.1, -0.05) is 24.2 Å². The third kappa shape index (κ3) is 5.38. The molecule has 0 radical (unpaired) electrons. The van der Waals surface area contributed by atoms with Crippen LogP contribution in [0.3, 0.4) is 0 Å². The molecule has 8 nitrogen and oxygen atoms in total.